The van der Waals surface area contributed by atoms with E-state index < -0.39 is 24.3 Å². The van der Waals surface area contributed by atoms with E-state index in [1.165, 1.54) is 24.3 Å². The number of esters is 1. The fourth-order valence-corrected chi connectivity index (χ4v) is 2.12. The molecule has 1 aromatic carbocycles. The minimum absolute atomic E-state index is 0.0991. The maximum absolute atomic E-state index is 11.8. The molecule has 0 bridgehead atoms. The van der Waals surface area contributed by atoms with Crippen LogP contribution in [0.4, 0.5) is 0 Å². The van der Waals surface area contributed by atoms with Crippen LogP contribution in [0.15, 0.2) is 24.3 Å². The molecule has 3 atom stereocenters. The van der Waals surface area contributed by atoms with Crippen molar-refractivity contribution in [2.75, 3.05) is 13.2 Å². The van der Waals surface area contributed by atoms with Crippen LogP contribution < -0.4 is 0 Å². The van der Waals surface area contributed by atoms with Crippen molar-refractivity contribution >= 4 is 12.0 Å². The fourth-order valence-electron chi connectivity index (χ4n) is 2.12. The molecule has 120 valence electrons. The predicted molar refractivity (Wildman–Crippen MR) is 76.1 cm³/mol. The van der Waals surface area contributed by atoms with Crippen molar-refractivity contribution in [3.8, 4) is 11.5 Å². The molecule has 0 aliphatic carbocycles. The molecule has 0 saturated carbocycles. The number of ether oxygens (including phenoxy) is 2. The van der Waals surface area contributed by atoms with Gasteiger partial charge in [0.25, 0.3) is 0 Å². The Morgan fingerprint density at radius 3 is 2.82 bits per heavy atom. The van der Waals surface area contributed by atoms with Gasteiger partial charge in [-0.1, -0.05) is 6.07 Å². The van der Waals surface area contributed by atoms with Crippen molar-refractivity contribution in [3.05, 3.63) is 29.8 Å². The number of phenols is 2. The monoisotopic (exact) mass is 310 g/mol. The summed E-state index contributed by atoms with van der Waals surface area (Å²) in [6.45, 7) is -0.206. The van der Waals surface area contributed by atoms with Crippen LogP contribution in [-0.4, -0.2) is 57.9 Å². The lowest BCUT2D eigenvalue weighted by Gasteiger charge is -2.32. The van der Waals surface area contributed by atoms with Crippen LogP contribution in [0.3, 0.4) is 0 Å². The summed E-state index contributed by atoms with van der Waals surface area (Å²) in [5, 5.41) is 37.2. The SMILES string of the molecule is O=C(/C=C/c1ccc(O)c(O)c1)O[C@H]1C[C@@H](O)COC1CO. The second-order valence-electron chi connectivity index (χ2n) is 5.00. The highest BCUT2D eigenvalue weighted by molar-refractivity contribution is 5.87. The first kappa shape index (κ1) is 16.3. The van der Waals surface area contributed by atoms with Gasteiger partial charge in [-0.3, -0.25) is 0 Å². The third-order valence-electron chi connectivity index (χ3n) is 3.28. The molecule has 1 aromatic rings. The summed E-state index contributed by atoms with van der Waals surface area (Å²) in [6.07, 6.45) is 0.651. The molecule has 0 radical (unpaired) electrons. The van der Waals surface area contributed by atoms with Crippen LogP contribution >= 0.6 is 0 Å². The van der Waals surface area contributed by atoms with Crippen molar-refractivity contribution in [3.63, 3.8) is 0 Å². The number of aliphatic hydroxyl groups is 2. The van der Waals surface area contributed by atoms with E-state index in [1.54, 1.807) is 0 Å². The summed E-state index contributed by atoms with van der Waals surface area (Å²) in [5.74, 6) is -1.20. The highest BCUT2D eigenvalue weighted by Gasteiger charge is 2.32. The molecule has 0 amide bonds. The van der Waals surface area contributed by atoms with Gasteiger partial charge >= 0.3 is 5.97 Å². The predicted octanol–water partition coefficient (Wildman–Crippen LogP) is 0.165. The van der Waals surface area contributed by atoms with E-state index in [0.29, 0.717) is 5.56 Å². The Labute approximate surface area is 127 Å². The number of aliphatic hydroxyl groups excluding tert-OH is 2. The normalized spacial score (nSPS) is 25.3. The lowest BCUT2D eigenvalue weighted by molar-refractivity contribution is -0.173. The highest BCUT2D eigenvalue weighted by Crippen LogP contribution is 2.25. The number of rotatable bonds is 4. The van der Waals surface area contributed by atoms with Gasteiger partial charge < -0.3 is 29.9 Å². The molecule has 1 heterocycles. The van der Waals surface area contributed by atoms with Gasteiger partial charge in [-0.2, -0.15) is 0 Å². The van der Waals surface area contributed by atoms with Crippen molar-refractivity contribution in [2.24, 2.45) is 0 Å². The Morgan fingerprint density at radius 1 is 1.36 bits per heavy atom. The first-order chi connectivity index (χ1) is 10.5. The maximum atomic E-state index is 11.8. The van der Waals surface area contributed by atoms with Crippen LogP contribution in [0.5, 0.6) is 11.5 Å². The Bertz CT molecular complexity index is 555. The summed E-state index contributed by atoms with van der Waals surface area (Å²) < 4.78 is 10.3. The van der Waals surface area contributed by atoms with Crippen molar-refractivity contribution < 1.29 is 34.7 Å². The average molecular weight is 310 g/mol. The molecule has 1 saturated heterocycles. The van der Waals surface area contributed by atoms with Gasteiger partial charge in [-0.25, -0.2) is 4.79 Å². The molecular formula is C15H18O7. The standard InChI is InChI=1S/C15H18O7/c16-7-14-13(6-10(17)8-21-14)22-15(20)4-2-9-1-3-11(18)12(19)5-9/h1-5,10,13-14,16-19H,6-8H2/b4-2+/t10-,13+,14?/m1/s1. The minimum atomic E-state index is -0.737. The van der Waals surface area contributed by atoms with Gasteiger partial charge in [0.15, 0.2) is 11.5 Å². The summed E-state index contributed by atoms with van der Waals surface area (Å²) in [7, 11) is 0. The van der Waals surface area contributed by atoms with Gasteiger partial charge in [0.2, 0.25) is 0 Å². The topological polar surface area (TPSA) is 116 Å². The second-order valence-corrected chi connectivity index (χ2v) is 5.00. The summed E-state index contributed by atoms with van der Waals surface area (Å²) >= 11 is 0. The zero-order chi connectivity index (χ0) is 16.1. The molecule has 1 aliphatic rings. The number of carbonyl (C=O) groups is 1. The number of hydrogen-bond donors (Lipinski definition) is 4. The average Bonchev–Trinajstić information content (AvgIpc) is 2.49. The summed E-state index contributed by atoms with van der Waals surface area (Å²) in [4.78, 5) is 11.8. The number of carbonyl (C=O) groups excluding carboxylic acids is 1. The summed E-state index contributed by atoms with van der Waals surface area (Å²) in [6, 6.07) is 4.11. The van der Waals surface area contributed by atoms with Crippen LogP contribution in [0.2, 0.25) is 0 Å². The Balaban J connectivity index is 1.96. The Kier molecular flexibility index (Phi) is 5.37. The molecule has 0 spiro atoms. The molecule has 1 unspecified atom stereocenters. The van der Waals surface area contributed by atoms with E-state index in [9.17, 15) is 20.1 Å². The second kappa shape index (κ2) is 7.26. The van der Waals surface area contributed by atoms with Gasteiger partial charge in [0, 0.05) is 12.5 Å². The Morgan fingerprint density at radius 2 is 2.14 bits per heavy atom. The van der Waals surface area contributed by atoms with E-state index in [2.05, 4.69) is 0 Å². The smallest absolute Gasteiger partial charge is 0.331 e. The van der Waals surface area contributed by atoms with Gasteiger partial charge in [0.05, 0.1) is 19.3 Å². The molecule has 22 heavy (non-hydrogen) atoms. The van der Waals surface area contributed by atoms with Crippen LogP contribution in [0, 0.1) is 0 Å². The largest absolute Gasteiger partial charge is 0.504 e. The molecular weight excluding hydrogens is 292 g/mol. The van der Waals surface area contributed by atoms with Gasteiger partial charge in [0.1, 0.15) is 12.2 Å². The van der Waals surface area contributed by atoms with E-state index >= 15 is 0 Å². The lowest BCUT2D eigenvalue weighted by atomic mass is 10.0. The zero-order valence-electron chi connectivity index (χ0n) is 11.8. The van der Waals surface area contributed by atoms with E-state index in [-0.39, 0.29) is 31.1 Å². The van der Waals surface area contributed by atoms with Gasteiger partial charge in [-0.15, -0.1) is 0 Å². The van der Waals surface area contributed by atoms with Crippen LogP contribution in [0.1, 0.15) is 12.0 Å². The molecule has 0 aromatic heterocycles. The van der Waals surface area contributed by atoms with Crippen LogP contribution in [-0.2, 0) is 14.3 Å². The van der Waals surface area contributed by atoms with Crippen molar-refractivity contribution in [1.82, 2.24) is 0 Å². The Hall–Kier alpha value is -2.09. The third-order valence-corrected chi connectivity index (χ3v) is 3.28. The van der Waals surface area contributed by atoms with Crippen molar-refractivity contribution in [1.29, 1.82) is 0 Å². The fraction of sp³-hybridized carbons (Fsp3) is 0.400. The molecule has 7 heteroatoms. The number of hydrogen-bond acceptors (Lipinski definition) is 7. The number of phenolic OH excluding ortho intramolecular Hbond substituents is 2. The zero-order valence-corrected chi connectivity index (χ0v) is 11.8. The minimum Gasteiger partial charge on any atom is -0.504 e. The number of benzene rings is 1. The van der Waals surface area contributed by atoms with Crippen LogP contribution in [0.25, 0.3) is 6.08 Å². The maximum Gasteiger partial charge on any atom is 0.331 e. The number of aromatic hydroxyl groups is 2. The summed E-state index contributed by atoms with van der Waals surface area (Å²) in [5.41, 5.74) is 0.505. The first-order valence-corrected chi connectivity index (χ1v) is 6.81. The molecule has 2 rings (SSSR count). The van der Waals surface area contributed by atoms with Gasteiger partial charge in [-0.05, 0) is 23.8 Å². The van der Waals surface area contributed by atoms with Crippen molar-refractivity contribution in [2.45, 2.75) is 24.7 Å². The molecule has 7 nitrogen and oxygen atoms in total. The molecule has 1 fully saturated rings. The lowest BCUT2D eigenvalue weighted by Crippen LogP contribution is -2.45. The van der Waals surface area contributed by atoms with E-state index in [0.717, 1.165) is 6.08 Å². The van der Waals surface area contributed by atoms with E-state index in [4.69, 9.17) is 14.6 Å². The molecule has 4 N–H and O–H groups in total. The highest BCUT2D eigenvalue weighted by atomic mass is 16.6. The first-order valence-electron chi connectivity index (χ1n) is 6.81. The van der Waals surface area contributed by atoms with E-state index in [1.807, 2.05) is 0 Å². The quantitative estimate of drug-likeness (QED) is 0.356. The molecule has 1 aliphatic heterocycles. The third kappa shape index (κ3) is 4.20.